The number of nitrogens with one attached hydrogen (secondary N) is 1. The summed E-state index contributed by atoms with van der Waals surface area (Å²) in [6.45, 7) is 2.78. The highest BCUT2D eigenvalue weighted by Crippen LogP contribution is 2.19. The van der Waals surface area contributed by atoms with Crippen LogP contribution in [0.3, 0.4) is 0 Å². The Kier molecular flexibility index (Phi) is 6.01. The fourth-order valence-electron chi connectivity index (χ4n) is 3.10. The third kappa shape index (κ3) is 5.57. The Hall–Kier alpha value is -2.40. The third-order valence-electron chi connectivity index (χ3n) is 4.33. The molecule has 2 aromatic rings. The Morgan fingerprint density at radius 3 is 2.68 bits per heavy atom. The first kappa shape index (κ1) is 17.4. The standard InChI is InChI=1S/C20H23FN2O2/c21-17-8-10-18(11-9-17)22-20(24)14-23-12-4-5-16(13-23)15-25-19-6-2-1-3-7-19/h1-3,6-11,16H,4-5,12-15H2,(H,22,24). The molecule has 0 spiro atoms. The zero-order valence-electron chi connectivity index (χ0n) is 14.2. The number of hydrogen-bond donors (Lipinski definition) is 1. The molecule has 25 heavy (non-hydrogen) atoms. The van der Waals surface area contributed by atoms with Crippen LogP contribution >= 0.6 is 0 Å². The van der Waals surface area contributed by atoms with E-state index in [0.717, 1.165) is 31.7 Å². The maximum Gasteiger partial charge on any atom is 0.238 e. The minimum atomic E-state index is -0.310. The highest BCUT2D eigenvalue weighted by Gasteiger charge is 2.22. The predicted octanol–water partition coefficient (Wildman–Crippen LogP) is 3.56. The molecule has 1 aliphatic rings. The Morgan fingerprint density at radius 2 is 1.92 bits per heavy atom. The van der Waals surface area contributed by atoms with Crippen molar-refractivity contribution in [3.05, 3.63) is 60.4 Å². The van der Waals surface area contributed by atoms with Crippen LogP contribution in [0.15, 0.2) is 54.6 Å². The van der Waals surface area contributed by atoms with Gasteiger partial charge >= 0.3 is 0 Å². The Morgan fingerprint density at radius 1 is 1.16 bits per heavy atom. The van der Waals surface area contributed by atoms with Crippen LogP contribution in [0.1, 0.15) is 12.8 Å². The van der Waals surface area contributed by atoms with Crippen LogP contribution in [0, 0.1) is 11.7 Å². The normalized spacial score (nSPS) is 17.9. The number of carbonyl (C=O) groups is 1. The van der Waals surface area contributed by atoms with Crippen molar-refractivity contribution in [1.29, 1.82) is 0 Å². The number of carbonyl (C=O) groups excluding carboxylic acids is 1. The number of piperidine rings is 1. The van der Waals surface area contributed by atoms with E-state index in [0.29, 0.717) is 24.8 Å². The van der Waals surface area contributed by atoms with E-state index >= 15 is 0 Å². The first-order valence-electron chi connectivity index (χ1n) is 8.64. The summed E-state index contributed by atoms with van der Waals surface area (Å²) < 4.78 is 18.7. The second-order valence-electron chi connectivity index (χ2n) is 6.42. The van der Waals surface area contributed by atoms with E-state index in [1.165, 1.54) is 12.1 Å². The summed E-state index contributed by atoms with van der Waals surface area (Å²) in [5, 5.41) is 2.81. The van der Waals surface area contributed by atoms with Gasteiger partial charge < -0.3 is 10.1 Å². The molecule has 132 valence electrons. The molecule has 0 aromatic heterocycles. The van der Waals surface area contributed by atoms with E-state index in [2.05, 4.69) is 10.2 Å². The van der Waals surface area contributed by atoms with Gasteiger partial charge in [0.25, 0.3) is 0 Å². The third-order valence-corrected chi connectivity index (χ3v) is 4.33. The highest BCUT2D eigenvalue weighted by molar-refractivity contribution is 5.92. The zero-order chi connectivity index (χ0) is 17.5. The first-order valence-corrected chi connectivity index (χ1v) is 8.64. The SMILES string of the molecule is O=C(CN1CCCC(COc2ccccc2)C1)Nc1ccc(F)cc1. The van der Waals surface area contributed by atoms with E-state index in [-0.39, 0.29) is 11.7 Å². The van der Waals surface area contributed by atoms with Crippen molar-refractivity contribution in [2.24, 2.45) is 5.92 Å². The number of halogens is 1. The number of nitrogens with zero attached hydrogens (tertiary/aromatic N) is 1. The molecule has 1 unspecified atom stereocenters. The Balaban J connectivity index is 1.44. The van der Waals surface area contributed by atoms with Gasteiger partial charge in [0.15, 0.2) is 0 Å². The molecule has 3 rings (SSSR count). The van der Waals surface area contributed by atoms with Gasteiger partial charge in [0.2, 0.25) is 5.91 Å². The summed E-state index contributed by atoms with van der Waals surface area (Å²) in [6, 6.07) is 15.6. The fourth-order valence-corrected chi connectivity index (χ4v) is 3.10. The average Bonchev–Trinajstić information content (AvgIpc) is 2.63. The number of rotatable bonds is 6. The van der Waals surface area contributed by atoms with E-state index in [9.17, 15) is 9.18 Å². The summed E-state index contributed by atoms with van der Waals surface area (Å²) in [4.78, 5) is 14.3. The van der Waals surface area contributed by atoms with Crippen LogP contribution in [0.4, 0.5) is 10.1 Å². The van der Waals surface area contributed by atoms with Gasteiger partial charge in [-0.1, -0.05) is 18.2 Å². The number of benzene rings is 2. The first-order chi connectivity index (χ1) is 12.2. The average molecular weight is 342 g/mol. The summed E-state index contributed by atoms with van der Waals surface area (Å²) in [6.07, 6.45) is 2.18. The van der Waals surface area contributed by atoms with Crippen molar-refractivity contribution in [3.8, 4) is 5.75 Å². The van der Waals surface area contributed by atoms with Crippen molar-refractivity contribution >= 4 is 11.6 Å². The van der Waals surface area contributed by atoms with Gasteiger partial charge in [-0.3, -0.25) is 9.69 Å². The lowest BCUT2D eigenvalue weighted by Crippen LogP contribution is -2.42. The zero-order valence-corrected chi connectivity index (χ0v) is 14.2. The summed E-state index contributed by atoms with van der Waals surface area (Å²) in [7, 11) is 0. The monoisotopic (exact) mass is 342 g/mol. The van der Waals surface area contributed by atoms with E-state index in [1.54, 1.807) is 12.1 Å². The van der Waals surface area contributed by atoms with Crippen LogP contribution < -0.4 is 10.1 Å². The van der Waals surface area contributed by atoms with E-state index < -0.39 is 0 Å². The fraction of sp³-hybridized carbons (Fsp3) is 0.350. The number of anilines is 1. The molecule has 1 atom stereocenters. The molecular weight excluding hydrogens is 319 g/mol. The highest BCUT2D eigenvalue weighted by atomic mass is 19.1. The van der Waals surface area contributed by atoms with Crippen molar-refractivity contribution in [1.82, 2.24) is 4.90 Å². The second kappa shape index (κ2) is 8.62. The van der Waals surface area contributed by atoms with Crippen molar-refractivity contribution in [2.75, 3.05) is 31.6 Å². The maximum absolute atomic E-state index is 12.9. The topological polar surface area (TPSA) is 41.6 Å². The lowest BCUT2D eigenvalue weighted by Gasteiger charge is -2.32. The van der Waals surface area contributed by atoms with Gasteiger partial charge in [0, 0.05) is 18.2 Å². The number of hydrogen-bond acceptors (Lipinski definition) is 3. The Bertz CT molecular complexity index is 676. The Labute approximate surface area is 147 Å². The number of likely N-dealkylation sites (tertiary alicyclic amines) is 1. The number of ether oxygens (including phenoxy) is 1. The molecule has 1 aliphatic heterocycles. The molecule has 1 amide bonds. The van der Waals surface area contributed by atoms with Crippen molar-refractivity contribution < 1.29 is 13.9 Å². The van der Waals surface area contributed by atoms with Crippen LogP contribution in [0.25, 0.3) is 0 Å². The van der Waals surface area contributed by atoms with Crippen LogP contribution in [-0.2, 0) is 4.79 Å². The molecule has 2 aromatic carbocycles. The van der Waals surface area contributed by atoms with Crippen molar-refractivity contribution in [3.63, 3.8) is 0 Å². The second-order valence-corrected chi connectivity index (χ2v) is 6.42. The van der Waals surface area contributed by atoms with Crippen LogP contribution in [0.5, 0.6) is 5.75 Å². The lowest BCUT2D eigenvalue weighted by molar-refractivity contribution is -0.117. The van der Waals surface area contributed by atoms with Crippen LogP contribution in [0.2, 0.25) is 0 Å². The molecule has 0 bridgehead atoms. The van der Waals surface area contributed by atoms with Gasteiger partial charge in [-0.2, -0.15) is 0 Å². The van der Waals surface area contributed by atoms with E-state index in [1.807, 2.05) is 30.3 Å². The molecule has 5 heteroatoms. The van der Waals surface area contributed by atoms with Gasteiger partial charge in [-0.15, -0.1) is 0 Å². The summed E-state index contributed by atoms with van der Waals surface area (Å²) in [5.41, 5.74) is 0.618. The van der Waals surface area contributed by atoms with Crippen LogP contribution in [-0.4, -0.2) is 37.0 Å². The molecule has 1 N–H and O–H groups in total. The molecule has 0 saturated carbocycles. The number of para-hydroxylation sites is 1. The van der Waals surface area contributed by atoms with Gasteiger partial charge in [0.1, 0.15) is 11.6 Å². The molecule has 1 heterocycles. The van der Waals surface area contributed by atoms with Gasteiger partial charge in [-0.05, 0) is 55.8 Å². The quantitative estimate of drug-likeness (QED) is 0.873. The summed E-state index contributed by atoms with van der Waals surface area (Å²) in [5.74, 6) is 0.924. The van der Waals surface area contributed by atoms with Gasteiger partial charge in [-0.25, -0.2) is 4.39 Å². The largest absolute Gasteiger partial charge is 0.493 e. The maximum atomic E-state index is 12.9. The lowest BCUT2D eigenvalue weighted by atomic mass is 9.99. The smallest absolute Gasteiger partial charge is 0.238 e. The number of amides is 1. The summed E-state index contributed by atoms with van der Waals surface area (Å²) >= 11 is 0. The molecule has 0 radical (unpaired) electrons. The van der Waals surface area contributed by atoms with Crippen molar-refractivity contribution in [2.45, 2.75) is 12.8 Å². The van der Waals surface area contributed by atoms with Gasteiger partial charge in [0.05, 0.1) is 13.2 Å². The molecule has 4 nitrogen and oxygen atoms in total. The minimum Gasteiger partial charge on any atom is -0.493 e. The molecule has 1 fully saturated rings. The minimum absolute atomic E-state index is 0.0729. The molecule has 1 saturated heterocycles. The van der Waals surface area contributed by atoms with E-state index in [4.69, 9.17) is 4.74 Å². The predicted molar refractivity (Wildman–Crippen MR) is 96.1 cm³/mol. The molecular formula is C20H23FN2O2. The molecule has 0 aliphatic carbocycles.